The van der Waals surface area contributed by atoms with E-state index in [1.165, 1.54) is 33.4 Å². The molecular formula is C21H30O. The van der Waals surface area contributed by atoms with Crippen LogP contribution in [0.1, 0.15) is 74.1 Å². The van der Waals surface area contributed by atoms with E-state index in [9.17, 15) is 4.79 Å². The molecule has 3 aliphatic rings. The first-order valence-corrected chi connectivity index (χ1v) is 8.66. The van der Waals surface area contributed by atoms with Gasteiger partial charge in [-0.25, -0.2) is 0 Å². The highest BCUT2D eigenvalue weighted by molar-refractivity contribution is 6.03. The van der Waals surface area contributed by atoms with Crippen LogP contribution in [0.5, 0.6) is 0 Å². The van der Waals surface area contributed by atoms with Gasteiger partial charge in [0, 0.05) is 11.3 Å². The van der Waals surface area contributed by atoms with Crippen molar-refractivity contribution in [2.75, 3.05) is 0 Å². The molecule has 22 heavy (non-hydrogen) atoms. The van der Waals surface area contributed by atoms with Crippen LogP contribution >= 0.6 is 0 Å². The van der Waals surface area contributed by atoms with Gasteiger partial charge >= 0.3 is 0 Å². The van der Waals surface area contributed by atoms with Crippen molar-refractivity contribution in [3.63, 3.8) is 0 Å². The van der Waals surface area contributed by atoms with Gasteiger partial charge in [0.15, 0.2) is 5.78 Å². The molecule has 0 saturated heterocycles. The largest absolute Gasteiger partial charge is 0.294 e. The van der Waals surface area contributed by atoms with Gasteiger partial charge < -0.3 is 0 Å². The number of carbonyl (C=O) groups excluding carboxylic acids is 1. The van der Waals surface area contributed by atoms with Crippen molar-refractivity contribution in [3.8, 4) is 0 Å². The van der Waals surface area contributed by atoms with Crippen molar-refractivity contribution in [2.24, 2.45) is 16.7 Å². The molecule has 0 aromatic heterocycles. The average Bonchev–Trinajstić information content (AvgIpc) is 2.62. The highest BCUT2D eigenvalue weighted by atomic mass is 16.1. The summed E-state index contributed by atoms with van der Waals surface area (Å²) in [4.78, 5) is 13.2. The first-order valence-electron chi connectivity index (χ1n) is 8.66. The van der Waals surface area contributed by atoms with Gasteiger partial charge in [-0.2, -0.15) is 0 Å². The maximum atomic E-state index is 13.2. The van der Waals surface area contributed by atoms with E-state index in [-0.39, 0.29) is 16.7 Å². The Morgan fingerprint density at radius 3 is 2.09 bits per heavy atom. The Labute approximate surface area is 135 Å². The van der Waals surface area contributed by atoms with E-state index < -0.39 is 0 Å². The normalized spacial score (nSPS) is 32.7. The Balaban J connectivity index is 2.20. The highest BCUT2D eigenvalue weighted by Crippen LogP contribution is 2.65. The van der Waals surface area contributed by atoms with Gasteiger partial charge in [0.2, 0.25) is 0 Å². The third kappa shape index (κ3) is 1.87. The summed E-state index contributed by atoms with van der Waals surface area (Å²) >= 11 is 0. The molecule has 0 amide bonds. The smallest absolute Gasteiger partial charge is 0.163 e. The van der Waals surface area contributed by atoms with Gasteiger partial charge in [-0.3, -0.25) is 4.79 Å². The third-order valence-electron chi connectivity index (χ3n) is 6.85. The zero-order valence-corrected chi connectivity index (χ0v) is 15.3. The summed E-state index contributed by atoms with van der Waals surface area (Å²) in [7, 11) is 0. The topological polar surface area (TPSA) is 17.1 Å². The lowest BCUT2D eigenvalue weighted by Crippen LogP contribution is -2.45. The third-order valence-corrected chi connectivity index (χ3v) is 6.85. The van der Waals surface area contributed by atoms with Gasteiger partial charge in [-0.1, -0.05) is 48.6 Å². The lowest BCUT2D eigenvalue weighted by atomic mass is 9.51. The van der Waals surface area contributed by atoms with Gasteiger partial charge in [-0.15, -0.1) is 0 Å². The molecule has 0 aliphatic heterocycles. The zero-order valence-electron chi connectivity index (χ0n) is 15.3. The zero-order chi connectivity index (χ0) is 16.4. The number of allylic oxidation sites excluding steroid dienone is 6. The summed E-state index contributed by atoms with van der Waals surface area (Å²) in [6.07, 6.45) is 3.95. The monoisotopic (exact) mass is 298 g/mol. The molecular weight excluding hydrogens is 268 g/mol. The fourth-order valence-corrected chi connectivity index (χ4v) is 5.14. The summed E-state index contributed by atoms with van der Waals surface area (Å²) in [5.41, 5.74) is 8.69. The predicted octanol–water partition coefficient (Wildman–Crippen LogP) is 5.77. The first kappa shape index (κ1) is 15.8. The predicted molar refractivity (Wildman–Crippen MR) is 92.6 cm³/mol. The SMILES string of the molecule is CC1=C(C)CC2=C(C1)C(=O)[C@@H]1CC(C)=C(C)C[C@]21C(C)(C)C. The van der Waals surface area contributed by atoms with E-state index in [2.05, 4.69) is 48.5 Å². The lowest BCUT2D eigenvalue weighted by molar-refractivity contribution is -0.123. The molecule has 2 atom stereocenters. The molecule has 1 heteroatoms. The second-order valence-corrected chi connectivity index (χ2v) is 8.95. The molecule has 0 aromatic rings. The van der Waals surface area contributed by atoms with E-state index >= 15 is 0 Å². The summed E-state index contributed by atoms with van der Waals surface area (Å²) < 4.78 is 0. The second kappa shape index (κ2) is 4.69. The van der Waals surface area contributed by atoms with Crippen LogP contribution in [0.2, 0.25) is 0 Å². The minimum Gasteiger partial charge on any atom is -0.294 e. The van der Waals surface area contributed by atoms with Crippen molar-refractivity contribution in [1.29, 1.82) is 0 Å². The number of Topliss-reactive ketones (excluding diaryl/α,β-unsaturated/α-hetero) is 1. The second-order valence-electron chi connectivity index (χ2n) is 8.95. The van der Waals surface area contributed by atoms with E-state index in [1.54, 1.807) is 0 Å². The fraction of sp³-hybridized carbons (Fsp3) is 0.667. The number of fused-ring (bicyclic) bond motifs is 2. The van der Waals surface area contributed by atoms with Crippen LogP contribution in [0.3, 0.4) is 0 Å². The molecule has 3 rings (SSSR count). The number of hydrogen-bond donors (Lipinski definition) is 0. The van der Waals surface area contributed by atoms with Gasteiger partial charge in [0.25, 0.3) is 0 Å². The molecule has 1 nitrogen and oxygen atoms in total. The minimum atomic E-state index is 0.0466. The van der Waals surface area contributed by atoms with Crippen molar-refractivity contribution in [3.05, 3.63) is 33.4 Å². The fourth-order valence-electron chi connectivity index (χ4n) is 5.14. The summed E-state index contributed by atoms with van der Waals surface area (Å²) in [6.45, 7) is 16.0. The average molecular weight is 298 g/mol. The van der Waals surface area contributed by atoms with Crippen molar-refractivity contribution < 1.29 is 4.79 Å². The van der Waals surface area contributed by atoms with Crippen molar-refractivity contribution in [1.82, 2.24) is 0 Å². The van der Waals surface area contributed by atoms with E-state index in [4.69, 9.17) is 0 Å². The molecule has 0 spiro atoms. The molecule has 0 saturated carbocycles. The van der Waals surface area contributed by atoms with Crippen LogP contribution in [0, 0.1) is 16.7 Å². The van der Waals surface area contributed by atoms with Gasteiger partial charge in [0.05, 0.1) is 0 Å². The Bertz CT molecular complexity index is 648. The van der Waals surface area contributed by atoms with Crippen LogP contribution in [0.4, 0.5) is 0 Å². The van der Waals surface area contributed by atoms with Crippen LogP contribution in [0.25, 0.3) is 0 Å². The molecule has 0 bridgehead atoms. The van der Waals surface area contributed by atoms with Gasteiger partial charge in [0.1, 0.15) is 0 Å². The molecule has 0 radical (unpaired) electrons. The van der Waals surface area contributed by atoms with E-state index in [0.29, 0.717) is 5.78 Å². The van der Waals surface area contributed by atoms with Crippen molar-refractivity contribution >= 4 is 5.78 Å². The first-order chi connectivity index (χ1) is 10.1. The van der Waals surface area contributed by atoms with E-state index in [0.717, 1.165) is 25.7 Å². The number of ketones is 1. The molecule has 0 unspecified atom stereocenters. The summed E-state index contributed by atoms with van der Waals surface area (Å²) in [5.74, 6) is 0.642. The van der Waals surface area contributed by atoms with Crippen molar-refractivity contribution in [2.45, 2.75) is 74.1 Å². The lowest BCUT2D eigenvalue weighted by Gasteiger charge is -2.51. The molecule has 120 valence electrons. The number of carbonyl (C=O) groups is 1. The standard InChI is InChI=1S/C21H30O/c1-12-8-16-17(9-13(12)2)21(20(5,6)7)11-15(4)14(3)10-18(21)19(16)22/h18H,8-11H2,1-7H3/t18-,21-/m0/s1. The molecule has 0 aromatic carbocycles. The number of rotatable bonds is 0. The molecule has 3 aliphatic carbocycles. The van der Waals surface area contributed by atoms with Crippen LogP contribution in [-0.2, 0) is 4.79 Å². The van der Waals surface area contributed by atoms with Crippen LogP contribution in [-0.4, -0.2) is 5.78 Å². The van der Waals surface area contributed by atoms with Crippen LogP contribution < -0.4 is 0 Å². The summed E-state index contributed by atoms with van der Waals surface area (Å²) in [5, 5.41) is 0. The Kier molecular flexibility index (Phi) is 3.36. The quantitative estimate of drug-likeness (QED) is 0.518. The van der Waals surface area contributed by atoms with Gasteiger partial charge in [-0.05, 0) is 64.4 Å². The minimum absolute atomic E-state index is 0.0466. The molecule has 0 heterocycles. The molecule has 0 N–H and O–H groups in total. The summed E-state index contributed by atoms with van der Waals surface area (Å²) in [6, 6.07) is 0. The number of hydrogen-bond acceptors (Lipinski definition) is 1. The Morgan fingerprint density at radius 2 is 1.50 bits per heavy atom. The maximum Gasteiger partial charge on any atom is 0.163 e. The van der Waals surface area contributed by atoms with E-state index in [1.807, 2.05) is 0 Å². The Hall–Kier alpha value is -1.11. The Morgan fingerprint density at radius 1 is 0.909 bits per heavy atom. The maximum absolute atomic E-state index is 13.2. The van der Waals surface area contributed by atoms with Crippen LogP contribution in [0.15, 0.2) is 33.4 Å². The highest BCUT2D eigenvalue weighted by Gasteiger charge is 2.60. The molecule has 0 fully saturated rings.